The molecule has 0 saturated heterocycles. The van der Waals surface area contributed by atoms with Gasteiger partial charge in [-0.05, 0) is 31.6 Å². The standard InChI is InChI=1S/C11H21N3OS.HI/c1-16(15)11(5-6-11)8-14-10(12)13-7-9-3-2-4-9;/h9H,2-8H2,1H3,(H3,12,13,14);1H. The van der Waals surface area contributed by atoms with Gasteiger partial charge >= 0.3 is 0 Å². The molecule has 2 aliphatic rings. The van der Waals surface area contributed by atoms with Crippen LogP contribution in [-0.4, -0.2) is 34.3 Å². The highest BCUT2D eigenvalue weighted by Crippen LogP contribution is 2.41. The Balaban J connectivity index is 0.00000144. The zero-order chi connectivity index (χ0) is 11.6. The quantitative estimate of drug-likeness (QED) is 0.434. The summed E-state index contributed by atoms with van der Waals surface area (Å²) in [7, 11) is -0.775. The molecular weight excluding hydrogens is 349 g/mol. The second-order valence-corrected chi connectivity index (χ2v) is 6.79. The van der Waals surface area contributed by atoms with Crippen LogP contribution in [0.4, 0.5) is 0 Å². The largest absolute Gasteiger partial charge is 0.370 e. The van der Waals surface area contributed by atoms with Crippen molar-refractivity contribution in [2.24, 2.45) is 16.6 Å². The first-order chi connectivity index (χ1) is 7.62. The Morgan fingerprint density at radius 1 is 1.53 bits per heavy atom. The van der Waals surface area contributed by atoms with Crippen molar-refractivity contribution in [3.63, 3.8) is 0 Å². The summed E-state index contributed by atoms with van der Waals surface area (Å²) in [5.41, 5.74) is 5.78. The Morgan fingerprint density at radius 3 is 2.59 bits per heavy atom. The molecule has 6 heteroatoms. The van der Waals surface area contributed by atoms with Crippen molar-refractivity contribution >= 4 is 40.7 Å². The SMILES string of the molecule is CS(=O)C1(CN=C(N)NCC2CCC2)CC1.I. The Bertz CT molecular complexity index is 314. The molecule has 2 fully saturated rings. The third-order valence-electron chi connectivity index (χ3n) is 3.75. The molecule has 0 amide bonds. The number of hydrogen-bond acceptors (Lipinski definition) is 2. The van der Waals surface area contributed by atoms with E-state index in [1.807, 2.05) is 0 Å². The lowest BCUT2D eigenvalue weighted by Gasteiger charge is -2.25. The van der Waals surface area contributed by atoms with Gasteiger partial charge in [0.25, 0.3) is 0 Å². The predicted octanol–water partition coefficient (Wildman–Crippen LogP) is 1.22. The van der Waals surface area contributed by atoms with E-state index >= 15 is 0 Å². The number of nitrogens with zero attached hydrogens (tertiary/aromatic N) is 1. The average molecular weight is 371 g/mol. The smallest absolute Gasteiger partial charge is 0.188 e. The van der Waals surface area contributed by atoms with Crippen molar-refractivity contribution in [3.05, 3.63) is 0 Å². The molecule has 0 heterocycles. The van der Waals surface area contributed by atoms with E-state index < -0.39 is 10.8 Å². The fourth-order valence-electron chi connectivity index (χ4n) is 1.91. The van der Waals surface area contributed by atoms with Crippen LogP contribution < -0.4 is 11.1 Å². The number of rotatable bonds is 5. The molecule has 1 atom stereocenters. The summed E-state index contributed by atoms with van der Waals surface area (Å²) in [6.45, 7) is 1.55. The van der Waals surface area contributed by atoms with Crippen molar-refractivity contribution < 1.29 is 4.21 Å². The third-order valence-corrected chi connectivity index (χ3v) is 5.51. The van der Waals surface area contributed by atoms with Gasteiger partial charge in [0.1, 0.15) is 0 Å². The highest BCUT2D eigenvalue weighted by molar-refractivity contribution is 14.0. The zero-order valence-electron chi connectivity index (χ0n) is 10.3. The number of nitrogens with one attached hydrogen (secondary N) is 1. The molecule has 0 spiro atoms. The van der Waals surface area contributed by atoms with Crippen molar-refractivity contribution in [2.45, 2.75) is 36.9 Å². The lowest BCUT2D eigenvalue weighted by molar-refractivity contribution is 0.315. The molecular formula is C11H22IN3OS. The molecule has 17 heavy (non-hydrogen) atoms. The molecule has 0 aromatic carbocycles. The van der Waals surface area contributed by atoms with Gasteiger partial charge in [-0.2, -0.15) is 0 Å². The molecule has 2 aliphatic carbocycles. The molecule has 3 N–H and O–H groups in total. The summed E-state index contributed by atoms with van der Waals surface area (Å²) in [5, 5.41) is 3.15. The van der Waals surface area contributed by atoms with E-state index in [4.69, 9.17) is 5.73 Å². The van der Waals surface area contributed by atoms with E-state index in [0.717, 1.165) is 25.3 Å². The maximum Gasteiger partial charge on any atom is 0.188 e. The first-order valence-corrected chi connectivity index (χ1v) is 7.55. The van der Waals surface area contributed by atoms with Gasteiger partial charge in [-0.25, -0.2) is 0 Å². The van der Waals surface area contributed by atoms with Crippen LogP contribution in [0.25, 0.3) is 0 Å². The lowest BCUT2D eigenvalue weighted by Crippen LogP contribution is -2.38. The average Bonchev–Trinajstić information content (AvgIpc) is 2.93. The summed E-state index contributed by atoms with van der Waals surface area (Å²) in [5.74, 6) is 1.30. The van der Waals surface area contributed by atoms with Crippen LogP contribution in [0.3, 0.4) is 0 Å². The fraction of sp³-hybridized carbons (Fsp3) is 0.909. The van der Waals surface area contributed by atoms with Gasteiger partial charge in [0, 0.05) is 23.6 Å². The molecule has 4 nitrogen and oxygen atoms in total. The Kier molecular flexibility index (Phi) is 5.69. The fourth-order valence-corrected chi connectivity index (χ4v) is 2.83. The first kappa shape index (κ1) is 15.2. The minimum Gasteiger partial charge on any atom is -0.370 e. The summed E-state index contributed by atoms with van der Waals surface area (Å²) < 4.78 is 11.4. The molecule has 0 bridgehead atoms. The number of nitrogens with two attached hydrogens (primary N) is 1. The molecule has 0 aromatic rings. The highest BCUT2D eigenvalue weighted by atomic mass is 127. The maximum atomic E-state index is 11.4. The predicted molar refractivity (Wildman–Crippen MR) is 83.3 cm³/mol. The summed E-state index contributed by atoms with van der Waals surface area (Å²) in [6.07, 6.45) is 7.78. The second-order valence-electron chi connectivity index (χ2n) is 5.02. The second kappa shape index (κ2) is 6.36. The topological polar surface area (TPSA) is 67.5 Å². The Morgan fingerprint density at radius 2 is 2.18 bits per heavy atom. The van der Waals surface area contributed by atoms with Crippen molar-refractivity contribution in [1.29, 1.82) is 0 Å². The molecule has 0 aromatic heterocycles. The van der Waals surface area contributed by atoms with Crippen LogP contribution in [0.2, 0.25) is 0 Å². The van der Waals surface area contributed by atoms with E-state index in [2.05, 4.69) is 10.3 Å². The van der Waals surface area contributed by atoms with Crippen LogP contribution in [0, 0.1) is 5.92 Å². The van der Waals surface area contributed by atoms with Crippen LogP contribution in [0.15, 0.2) is 4.99 Å². The van der Waals surface area contributed by atoms with Gasteiger partial charge in [0.2, 0.25) is 0 Å². The zero-order valence-corrected chi connectivity index (χ0v) is 13.4. The van der Waals surface area contributed by atoms with Gasteiger partial charge in [-0.15, -0.1) is 24.0 Å². The minimum absolute atomic E-state index is 0. The number of halogens is 1. The maximum absolute atomic E-state index is 11.4. The summed E-state index contributed by atoms with van der Waals surface area (Å²) >= 11 is 0. The molecule has 2 rings (SSSR count). The van der Waals surface area contributed by atoms with Crippen LogP contribution >= 0.6 is 24.0 Å². The van der Waals surface area contributed by atoms with Gasteiger partial charge in [-0.1, -0.05) is 6.42 Å². The minimum atomic E-state index is -0.775. The van der Waals surface area contributed by atoms with Crippen molar-refractivity contribution in [1.82, 2.24) is 5.32 Å². The monoisotopic (exact) mass is 371 g/mol. The van der Waals surface area contributed by atoms with E-state index in [9.17, 15) is 4.21 Å². The number of aliphatic imine (C=N–C) groups is 1. The lowest BCUT2D eigenvalue weighted by atomic mass is 9.85. The van der Waals surface area contributed by atoms with Gasteiger partial charge in [-0.3, -0.25) is 9.20 Å². The summed E-state index contributed by atoms with van der Waals surface area (Å²) in [4.78, 5) is 4.30. The van der Waals surface area contributed by atoms with Gasteiger partial charge < -0.3 is 11.1 Å². The van der Waals surface area contributed by atoms with Crippen LogP contribution in [-0.2, 0) is 10.8 Å². The van der Waals surface area contributed by atoms with Gasteiger partial charge in [0.05, 0.1) is 11.3 Å². The Hall–Kier alpha value is 0.150. The van der Waals surface area contributed by atoms with Crippen molar-refractivity contribution in [2.75, 3.05) is 19.3 Å². The molecule has 0 aliphatic heterocycles. The van der Waals surface area contributed by atoms with E-state index in [1.54, 1.807) is 6.26 Å². The highest BCUT2D eigenvalue weighted by Gasteiger charge is 2.46. The normalized spacial score (nSPS) is 24.4. The molecule has 100 valence electrons. The molecule has 1 unspecified atom stereocenters. The third kappa shape index (κ3) is 4.08. The Labute approximate surface area is 123 Å². The van der Waals surface area contributed by atoms with Crippen molar-refractivity contribution in [3.8, 4) is 0 Å². The van der Waals surface area contributed by atoms with E-state index in [0.29, 0.717) is 12.5 Å². The van der Waals surface area contributed by atoms with E-state index in [-0.39, 0.29) is 28.7 Å². The number of guanidine groups is 1. The molecule has 2 saturated carbocycles. The summed E-state index contributed by atoms with van der Waals surface area (Å²) in [6, 6.07) is 0. The van der Waals surface area contributed by atoms with Gasteiger partial charge in [0.15, 0.2) is 5.96 Å². The number of hydrogen-bond donors (Lipinski definition) is 2. The van der Waals surface area contributed by atoms with E-state index in [1.165, 1.54) is 19.3 Å². The first-order valence-electron chi connectivity index (χ1n) is 6.00. The van der Waals surface area contributed by atoms with Crippen LogP contribution in [0.5, 0.6) is 0 Å². The molecule has 0 radical (unpaired) electrons. The van der Waals surface area contributed by atoms with Crippen LogP contribution in [0.1, 0.15) is 32.1 Å².